The van der Waals surface area contributed by atoms with Crippen molar-refractivity contribution in [1.82, 2.24) is 19.7 Å². The monoisotopic (exact) mass is 388 g/mol. The van der Waals surface area contributed by atoms with Gasteiger partial charge in [0.15, 0.2) is 11.5 Å². The Bertz CT molecular complexity index is 1450. The van der Waals surface area contributed by atoms with Gasteiger partial charge in [0, 0.05) is 10.9 Å². The maximum Gasteiger partial charge on any atom is 0.297 e. The molecule has 0 N–H and O–H groups in total. The Kier molecular flexibility index (Phi) is 3.25. The number of fused-ring (bicyclic) bond motifs is 4. The fraction of sp³-hybridized carbons (Fsp3) is 0.100. The number of rotatable bonds is 3. The van der Waals surface area contributed by atoms with Crippen molar-refractivity contribution in [2.24, 2.45) is 0 Å². The molecule has 0 unspecified atom stereocenters. The SMILES string of the molecule is O=c1c2oc3ccccc3c2ncn1Cc1nc(-c2ccc3c(c2)OCO3)no1. The summed E-state index contributed by atoms with van der Waals surface area (Å²) >= 11 is 0. The van der Waals surface area contributed by atoms with Crippen LogP contribution in [-0.4, -0.2) is 26.5 Å². The molecule has 1 aliphatic heterocycles. The number of hydrogen-bond donors (Lipinski definition) is 0. The summed E-state index contributed by atoms with van der Waals surface area (Å²) in [5, 5.41) is 4.79. The molecule has 3 aromatic heterocycles. The van der Waals surface area contributed by atoms with Crippen molar-refractivity contribution in [3.8, 4) is 22.9 Å². The van der Waals surface area contributed by atoms with Crippen molar-refractivity contribution in [2.75, 3.05) is 6.79 Å². The van der Waals surface area contributed by atoms with Crippen molar-refractivity contribution < 1.29 is 18.4 Å². The molecule has 9 heteroatoms. The fourth-order valence-electron chi connectivity index (χ4n) is 3.35. The van der Waals surface area contributed by atoms with Crippen LogP contribution in [0.4, 0.5) is 0 Å². The molecular weight excluding hydrogens is 376 g/mol. The first-order valence-electron chi connectivity index (χ1n) is 8.85. The molecule has 6 rings (SSSR count). The van der Waals surface area contributed by atoms with Crippen molar-refractivity contribution >= 4 is 22.1 Å². The molecular formula is C20H12N4O5. The first kappa shape index (κ1) is 15.9. The number of ether oxygens (including phenoxy) is 2. The molecule has 5 aromatic rings. The summed E-state index contributed by atoms with van der Waals surface area (Å²) in [6, 6.07) is 12.8. The Labute approximate surface area is 162 Å². The zero-order valence-electron chi connectivity index (χ0n) is 14.9. The first-order chi connectivity index (χ1) is 14.3. The van der Waals surface area contributed by atoms with Gasteiger partial charge in [-0.3, -0.25) is 9.36 Å². The summed E-state index contributed by atoms with van der Waals surface area (Å²) in [6.07, 6.45) is 1.46. The van der Waals surface area contributed by atoms with Gasteiger partial charge < -0.3 is 18.4 Å². The average Bonchev–Trinajstić information content (AvgIpc) is 3.47. The maximum absolute atomic E-state index is 12.8. The van der Waals surface area contributed by atoms with Crippen LogP contribution < -0.4 is 15.0 Å². The molecule has 0 amide bonds. The van der Waals surface area contributed by atoms with Crippen molar-refractivity contribution in [3.63, 3.8) is 0 Å². The smallest absolute Gasteiger partial charge is 0.297 e. The van der Waals surface area contributed by atoms with E-state index in [0.717, 1.165) is 10.9 Å². The third-order valence-electron chi connectivity index (χ3n) is 4.76. The zero-order valence-corrected chi connectivity index (χ0v) is 14.9. The summed E-state index contributed by atoms with van der Waals surface area (Å²) in [5.74, 6) is 1.97. The Morgan fingerprint density at radius 1 is 1.07 bits per heavy atom. The van der Waals surface area contributed by atoms with Crippen LogP contribution in [0.3, 0.4) is 0 Å². The second kappa shape index (κ2) is 5.93. The minimum atomic E-state index is -0.311. The van der Waals surface area contributed by atoms with Crippen LogP contribution in [0.5, 0.6) is 11.5 Å². The molecule has 9 nitrogen and oxygen atoms in total. The molecule has 0 aliphatic carbocycles. The van der Waals surface area contributed by atoms with Gasteiger partial charge in [0.25, 0.3) is 5.56 Å². The number of aromatic nitrogens is 4. The standard InChI is InChI=1S/C20H12N4O5/c25-20-18-17(12-3-1-2-4-13(12)28-18)21-9-24(20)8-16-22-19(23-29-16)11-5-6-14-15(7-11)27-10-26-14/h1-7,9H,8,10H2. The average molecular weight is 388 g/mol. The molecule has 1 aliphatic rings. The van der Waals surface area contributed by atoms with Crippen LogP contribution in [0.2, 0.25) is 0 Å². The van der Waals surface area contributed by atoms with Gasteiger partial charge in [-0.05, 0) is 30.3 Å². The molecule has 0 radical (unpaired) electrons. The number of benzene rings is 2. The Hall–Kier alpha value is -4.14. The van der Waals surface area contributed by atoms with Gasteiger partial charge in [0.2, 0.25) is 24.1 Å². The van der Waals surface area contributed by atoms with Gasteiger partial charge in [-0.15, -0.1) is 0 Å². The Balaban J connectivity index is 1.35. The second-order valence-electron chi connectivity index (χ2n) is 6.53. The van der Waals surface area contributed by atoms with Crippen LogP contribution in [0.25, 0.3) is 33.5 Å². The van der Waals surface area contributed by atoms with Crippen molar-refractivity contribution in [2.45, 2.75) is 6.54 Å². The van der Waals surface area contributed by atoms with Gasteiger partial charge in [0.1, 0.15) is 17.6 Å². The number of furan rings is 1. The summed E-state index contributed by atoms with van der Waals surface area (Å²) in [4.78, 5) is 21.6. The van der Waals surface area contributed by atoms with Gasteiger partial charge >= 0.3 is 0 Å². The minimum Gasteiger partial charge on any atom is -0.454 e. The lowest BCUT2D eigenvalue weighted by atomic mass is 10.2. The van der Waals surface area contributed by atoms with E-state index < -0.39 is 0 Å². The molecule has 29 heavy (non-hydrogen) atoms. The predicted molar refractivity (Wildman–Crippen MR) is 101 cm³/mol. The number of para-hydroxylation sites is 1. The molecule has 0 atom stereocenters. The van der Waals surface area contributed by atoms with Gasteiger partial charge in [-0.2, -0.15) is 4.98 Å². The van der Waals surface area contributed by atoms with Crippen LogP contribution in [0, 0.1) is 0 Å². The fourth-order valence-corrected chi connectivity index (χ4v) is 3.35. The molecule has 0 fully saturated rings. The van der Waals surface area contributed by atoms with Crippen LogP contribution in [0.1, 0.15) is 5.89 Å². The van der Waals surface area contributed by atoms with E-state index in [1.54, 1.807) is 18.2 Å². The number of hydrogen-bond acceptors (Lipinski definition) is 8. The zero-order chi connectivity index (χ0) is 19.4. The van der Waals surface area contributed by atoms with Crippen LogP contribution >= 0.6 is 0 Å². The lowest BCUT2D eigenvalue weighted by Crippen LogP contribution is -2.20. The van der Waals surface area contributed by atoms with E-state index in [9.17, 15) is 4.79 Å². The third kappa shape index (κ3) is 2.48. The summed E-state index contributed by atoms with van der Waals surface area (Å²) in [7, 11) is 0. The maximum atomic E-state index is 12.8. The van der Waals surface area contributed by atoms with E-state index >= 15 is 0 Å². The van der Waals surface area contributed by atoms with Crippen molar-refractivity contribution in [3.05, 3.63) is 65.0 Å². The van der Waals surface area contributed by atoms with Gasteiger partial charge in [0.05, 0.1) is 6.33 Å². The lowest BCUT2D eigenvalue weighted by molar-refractivity contribution is 0.174. The van der Waals surface area contributed by atoms with E-state index in [2.05, 4.69) is 15.1 Å². The predicted octanol–water partition coefficient (Wildman–Crippen LogP) is 2.97. The van der Waals surface area contributed by atoms with E-state index in [1.807, 2.05) is 24.3 Å². The Morgan fingerprint density at radius 3 is 2.93 bits per heavy atom. The Morgan fingerprint density at radius 2 is 1.97 bits per heavy atom. The normalized spacial score (nSPS) is 12.8. The molecule has 4 heterocycles. The molecule has 0 bridgehead atoms. The first-order valence-corrected chi connectivity index (χ1v) is 8.85. The highest BCUT2D eigenvalue weighted by atomic mass is 16.7. The highest BCUT2D eigenvalue weighted by molar-refractivity contribution is 6.01. The van der Waals surface area contributed by atoms with Crippen molar-refractivity contribution in [1.29, 1.82) is 0 Å². The summed E-state index contributed by atoms with van der Waals surface area (Å²) in [5.41, 5.74) is 1.77. The van der Waals surface area contributed by atoms with E-state index in [-0.39, 0.29) is 30.4 Å². The van der Waals surface area contributed by atoms with Crippen LogP contribution in [0.15, 0.2) is 62.5 Å². The highest BCUT2D eigenvalue weighted by Crippen LogP contribution is 2.35. The minimum absolute atomic E-state index is 0.0797. The van der Waals surface area contributed by atoms with E-state index in [1.165, 1.54) is 10.9 Å². The molecule has 142 valence electrons. The quantitative estimate of drug-likeness (QED) is 0.464. The third-order valence-corrected chi connectivity index (χ3v) is 4.76. The molecule has 0 spiro atoms. The molecule has 0 saturated carbocycles. The largest absolute Gasteiger partial charge is 0.454 e. The van der Waals surface area contributed by atoms with E-state index in [0.29, 0.717) is 28.4 Å². The molecule has 2 aromatic carbocycles. The molecule has 0 saturated heterocycles. The van der Waals surface area contributed by atoms with Gasteiger partial charge in [-0.1, -0.05) is 17.3 Å². The summed E-state index contributed by atoms with van der Waals surface area (Å²) < 4.78 is 23.1. The lowest BCUT2D eigenvalue weighted by Gasteiger charge is -2.00. The topological polar surface area (TPSA) is 105 Å². The second-order valence-corrected chi connectivity index (χ2v) is 6.53. The van der Waals surface area contributed by atoms with Gasteiger partial charge in [-0.25, -0.2) is 4.98 Å². The van der Waals surface area contributed by atoms with Crippen LogP contribution in [-0.2, 0) is 6.54 Å². The summed E-state index contributed by atoms with van der Waals surface area (Å²) in [6.45, 7) is 0.271. The number of nitrogens with zero attached hydrogens (tertiary/aromatic N) is 4. The highest BCUT2D eigenvalue weighted by Gasteiger charge is 2.18. The van der Waals surface area contributed by atoms with E-state index in [4.69, 9.17) is 18.4 Å².